The first-order valence-electron chi connectivity index (χ1n) is 12.7. The number of hydrogen-bond acceptors (Lipinski definition) is 15. The number of hydrogen-bond donors (Lipinski definition) is 6. The van der Waals surface area contributed by atoms with Gasteiger partial charge in [0.05, 0.1) is 13.2 Å². The van der Waals surface area contributed by atoms with Gasteiger partial charge in [-0.25, -0.2) is 9.59 Å². The predicted molar refractivity (Wildman–Crippen MR) is 163 cm³/mol. The molecule has 18 nitrogen and oxygen atoms in total. The Balaban J connectivity index is 0.000000217. The minimum atomic E-state index is -2.93. The quantitative estimate of drug-likeness (QED) is 0.209. The summed E-state index contributed by atoms with van der Waals surface area (Å²) >= 11 is 15.3. The van der Waals surface area contributed by atoms with Gasteiger partial charge in [-0.3, -0.25) is 33.2 Å². The molecule has 0 spiro atoms. The van der Waals surface area contributed by atoms with Gasteiger partial charge in [-0.2, -0.15) is 0 Å². The molecule has 2 aromatic heterocycles. The van der Waals surface area contributed by atoms with Gasteiger partial charge in [-0.1, -0.05) is 0 Å². The lowest BCUT2D eigenvalue weighted by Crippen LogP contribution is -2.49. The number of H-pyrrole nitrogens is 2. The van der Waals surface area contributed by atoms with Crippen LogP contribution in [0.1, 0.15) is 26.3 Å². The number of aliphatic hydroxyl groups is 4. The average Bonchev–Trinajstić information content (AvgIpc) is 3.36. The Morgan fingerprint density at radius 1 is 1.02 bits per heavy atom. The fourth-order valence-corrected chi connectivity index (χ4v) is 6.25. The molecular formula is C22H32Cl2N4O14P2S. The van der Waals surface area contributed by atoms with Crippen molar-refractivity contribution in [3.8, 4) is 0 Å². The summed E-state index contributed by atoms with van der Waals surface area (Å²) in [4.78, 5) is 49.7. The Bertz CT molecular complexity index is 1600. The van der Waals surface area contributed by atoms with Crippen LogP contribution >= 0.6 is 36.1 Å². The van der Waals surface area contributed by atoms with Crippen LogP contribution in [-0.4, -0.2) is 103 Å². The highest BCUT2D eigenvalue weighted by atomic mass is 35.9. The summed E-state index contributed by atoms with van der Waals surface area (Å²) in [6.07, 6.45) is -3.57. The first kappa shape index (κ1) is 38.1. The average molecular weight is 741 g/mol. The second-order valence-electron chi connectivity index (χ2n) is 10.0. The van der Waals surface area contributed by atoms with Crippen LogP contribution in [0.2, 0.25) is 0 Å². The monoisotopic (exact) mass is 740 g/mol. The minimum absolute atomic E-state index is 0.0839. The molecule has 3 fully saturated rings. The van der Waals surface area contributed by atoms with Crippen molar-refractivity contribution in [1.82, 2.24) is 19.1 Å². The third-order valence-electron chi connectivity index (χ3n) is 6.86. The van der Waals surface area contributed by atoms with E-state index >= 15 is 0 Å². The number of nitrogens with zero attached hydrogens (tertiary/aromatic N) is 2. The van der Waals surface area contributed by atoms with Crippen molar-refractivity contribution < 1.29 is 48.0 Å². The predicted octanol–water partition coefficient (Wildman–Crippen LogP) is -0.653. The number of aliphatic hydroxyl groups excluding tert-OH is 2. The van der Waals surface area contributed by atoms with Gasteiger partial charge in [0.1, 0.15) is 35.6 Å². The van der Waals surface area contributed by atoms with Crippen molar-refractivity contribution in [3.05, 3.63) is 66.2 Å². The lowest BCUT2D eigenvalue weighted by Gasteiger charge is -2.36. The zero-order chi connectivity index (χ0) is 33.9. The van der Waals surface area contributed by atoms with Gasteiger partial charge in [0.2, 0.25) is 6.85 Å². The van der Waals surface area contributed by atoms with Crippen LogP contribution in [0.4, 0.5) is 0 Å². The third-order valence-corrected chi connectivity index (χ3v) is 10.4. The molecule has 9 atom stereocenters. The summed E-state index contributed by atoms with van der Waals surface area (Å²) in [7, 11) is 2.83. The maximum atomic E-state index is 11.9. The van der Waals surface area contributed by atoms with Crippen molar-refractivity contribution in [1.29, 1.82) is 0 Å². The van der Waals surface area contributed by atoms with Gasteiger partial charge in [0.15, 0.2) is 12.5 Å². The summed E-state index contributed by atoms with van der Waals surface area (Å²) in [5, 5.41) is 39.7. The number of rotatable bonds is 5. The summed E-state index contributed by atoms with van der Waals surface area (Å²) in [6.45, 7) is -1.74. The molecule has 45 heavy (non-hydrogen) atoms. The molecule has 254 valence electrons. The van der Waals surface area contributed by atoms with E-state index in [1.54, 1.807) is 0 Å². The molecule has 5 heterocycles. The van der Waals surface area contributed by atoms with Crippen molar-refractivity contribution in [2.75, 3.05) is 27.4 Å². The van der Waals surface area contributed by atoms with Crippen molar-refractivity contribution in [2.45, 2.75) is 61.9 Å². The standard InChI is InChI=1S/C11H15N2O7PS.C10H14N2O6.CH3Cl2OP/c1-11(16)8-6(5-18-21(22,17-2)20-8)19-9(11)13-4-3-7(14)12-10(13)15;1-10(17)7(15)5(4-13)18-8(10)12-3-2-6(14)11-9(12)16;1-4-5(2)3/h3-4,6,8-9,16H,5H2,1-2H3,(H,12,14,15);2-3,5,7-8,13,15,17H,4H2,1H3,(H,11,14,16);1H3/t6-,8-,9-,11-,21?;5-,7-,8-,10-;/m11./s1. The van der Waals surface area contributed by atoms with Crippen LogP contribution in [0.25, 0.3) is 0 Å². The topological polar surface area (TPSA) is 246 Å². The summed E-state index contributed by atoms with van der Waals surface area (Å²) in [5.41, 5.74) is -5.88. The van der Waals surface area contributed by atoms with E-state index in [9.17, 15) is 34.5 Å². The SMILES string of the molecule is COP(Cl)Cl.COP1(=S)OC[C@H]2O[C@@H](n3ccc(=O)[nH]c3=O)[C@](C)(O)[C@@H]2O1.C[C@@]1(O)[C@H](O)[C@@H](CO)O[C@H]1n1ccc(=O)[nH]c1=O. The zero-order valence-corrected chi connectivity index (χ0v) is 28.1. The Kier molecular flexibility index (Phi) is 12.9. The van der Waals surface area contributed by atoms with Gasteiger partial charge < -0.3 is 43.5 Å². The van der Waals surface area contributed by atoms with E-state index in [0.29, 0.717) is 0 Å². The molecule has 6 N–H and O–H groups in total. The molecule has 0 amide bonds. The Labute approximate surface area is 270 Å². The molecule has 2 aromatic rings. The second-order valence-corrected chi connectivity index (χ2v) is 16.2. The Morgan fingerprint density at radius 2 is 1.51 bits per heavy atom. The molecule has 1 unspecified atom stereocenters. The smallest absolute Gasteiger partial charge is 0.330 e. The summed E-state index contributed by atoms with van der Waals surface area (Å²) < 4.78 is 33.3. The first-order chi connectivity index (χ1) is 20.9. The third kappa shape index (κ3) is 8.56. The minimum Gasteiger partial charge on any atom is -0.394 e. The Hall–Kier alpha value is -1.38. The molecule has 0 aromatic carbocycles. The molecule has 0 radical (unpaired) electrons. The maximum absolute atomic E-state index is 11.9. The fourth-order valence-electron chi connectivity index (χ4n) is 4.58. The van der Waals surface area contributed by atoms with Gasteiger partial charge in [-0.15, -0.1) is 0 Å². The maximum Gasteiger partial charge on any atom is 0.330 e. The van der Waals surface area contributed by atoms with Gasteiger partial charge in [0.25, 0.3) is 11.1 Å². The molecule has 3 aliphatic heterocycles. The lowest BCUT2D eigenvalue weighted by atomic mass is 9.96. The fraction of sp³-hybridized carbons (Fsp3) is 0.636. The van der Waals surface area contributed by atoms with Crippen molar-refractivity contribution in [2.24, 2.45) is 0 Å². The number of fused-ring (bicyclic) bond motifs is 1. The van der Waals surface area contributed by atoms with E-state index in [2.05, 4.69) is 9.51 Å². The van der Waals surface area contributed by atoms with Crippen LogP contribution in [0, 0.1) is 0 Å². The van der Waals surface area contributed by atoms with E-state index in [1.165, 1.54) is 40.3 Å². The van der Waals surface area contributed by atoms with Crippen molar-refractivity contribution >= 4 is 47.9 Å². The first-order valence-corrected chi connectivity index (χ1v) is 18.4. The van der Waals surface area contributed by atoms with E-state index in [0.717, 1.165) is 21.4 Å². The van der Waals surface area contributed by atoms with Gasteiger partial charge in [0, 0.05) is 38.7 Å². The number of aromatic amines is 2. The highest BCUT2D eigenvalue weighted by Crippen LogP contribution is 2.58. The molecule has 0 aliphatic carbocycles. The number of nitrogens with one attached hydrogen (secondary N) is 2. The lowest BCUT2D eigenvalue weighted by molar-refractivity contribution is -0.0987. The van der Waals surface area contributed by atoms with Crippen LogP contribution in [-0.2, 0) is 39.4 Å². The van der Waals surface area contributed by atoms with Gasteiger partial charge in [-0.05, 0) is 48.1 Å². The molecule has 5 rings (SSSR count). The zero-order valence-electron chi connectivity index (χ0n) is 24.0. The van der Waals surface area contributed by atoms with E-state index in [4.69, 9.17) is 62.4 Å². The highest BCUT2D eigenvalue weighted by Gasteiger charge is 2.59. The molecule has 3 saturated heterocycles. The summed E-state index contributed by atoms with van der Waals surface area (Å²) in [5.74, 6) is 0. The number of halogens is 2. The molecule has 3 aliphatic rings. The van der Waals surface area contributed by atoms with Crippen LogP contribution in [0.3, 0.4) is 0 Å². The van der Waals surface area contributed by atoms with E-state index in [-0.39, 0.29) is 6.61 Å². The van der Waals surface area contributed by atoms with Gasteiger partial charge >= 0.3 is 18.1 Å². The molecule has 0 bridgehead atoms. The molecule has 23 heteroatoms. The van der Waals surface area contributed by atoms with Crippen LogP contribution in [0.15, 0.2) is 43.7 Å². The van der Waals surface area contributed by atoms with Crippen LogP contribution < -0.4 is 22.5 Å². The number of ether oxygens (including phenoxy) is 2. The summed E-state index contributed by atoms with van der Waals surface area (Å²) in [6, 6.07) is 2.26. The van der Waals surface area contributed by atoms with Crippen molar-refractivity contribution in [3.63, 3.8) is 0 Å². The molecular weight excluding hydrogens is 709 g/mol. The van der Waals surface area contributed by atoms with E-state index < -0.39 is 90.8 Å². The number of aromatic nitrogens is 4. The highest BCUT2D eigenvalue weighted by molar-refractivity contribution is 8.07. The Morgan fingerprint density at radius 3 is 1.91 bits per heavy atom. The molecule has 0 saturated carbocycles. The van der Waals surface area contributed by atoms with E-state index in [1.807, 2.05) is 4.98 Å². The normalized spacial score (nSPS) is 35.6. The van der Waals surface area contributed by atoms with Crippen LogP contribution in [0.5, 0.6) is 0 Å². The largest absolute Gasteiger partial charge is 0.394 e. The second kappa shape index (κ2) is 15.2.